The van der Waals surface area contributed by atoms with Gasteiger partial charge in [0, 0.05) is 38.9 Å². The van der Waals surface area contributed by atoms with Gasteiger partial charge in [-0.2, -0.15) is 11.8 Å². The van der Waals surface area contributed by atoms with E-state index in [1.165, 1.54) is 0 Å². The second kappa shape index (κ2) is 8.35. The summed E-state index contributed by atoms with van der Waals surface area (Å²) in [7, 11) is 0. The number of amides is 1. The van der Waals surface area contributed by atoms with Crippen LogP contribution in [0.4, 0.5) is 0 Å². The van der Waals surface area contributed by atoms with E-state index in [1.54, 1.807) is 17.8 Å². The third-order valence-electron chi connectivity index (χ3n) is 4.15. The molecule has 0 bridgehead atoms. The fourth-order valence-corrected chi connectivity index (χ4v) is 3.36. The maximum atomic E-state index is 12.6. The minimum absolute atomic E-state index is 0.00189. The molecule has 3 rings (SSSR count). The molecule has 0 aliphatic carbocycles. The normalized spacial score (nSPS) is 16.1. The molecule has 2 aromatic rings. The first-order valence-corrected chi connectivity index (χ1v) is 9.65. The molecule has 1 fully saturated rings. The Bertz CT molecular complexity index is 659. The number of hydrogen-bond acceptors (Lipinski definition) is 5. The molecule has 0 N–H and O–H groups in total. The van der Waals surface area contributed by atoms with E-state index in [0.717, 1.165) is 56.4 Å². The molecule has 0 atom stereocenters. The molecule has 5 nitrogen and oxygen atoms in total. The highest BCUT2D eigenvalue weighted by Gasteiger charge is 2.22. The Morgan fingerprint density at radius 2 is 2.12 bits per heavy atom. The maximum Gasteiger partial charge on any atom is 0.289 e. The summed E-state index contributed by atoms with van der Waals surface area (Å²) in [5, 5.41) is 0. The lowest BCUT2D eigenvalue weighted by atomic mass is 10.3. The number of furan rings is 1. The second-order valence-electron chi connectivity index (χ2n) is 5.94. The monoisotopic (exact) mass is 345 g/mol. The van der Waals surface area contributed by atoms with Crippen molar-refractivity contribution in [3.63, 3.8) is 0 Å². The molecule has 128 valence electrons. The molecule has 1 amide bonds. The van der Waals surface area contributed by atoms with Crippen LogP contribution in [0.1, 0.15) is 28.4 Å². The van der Waals surface area contributed by atoms with Gasteiger partial charge in [-0.05, 0) is 36.9 Å². The molecule has 2 aromatic heterocycles. The van der Waals surface area contributed by atoms with Gasteiger partial charge >= 0.3 is 0 Å². The van der Waals surface area contributed by atoms with Gasteiger partial charge in [-0.15, -0.1) is 0 Å². The molecule has 24 heavy (non-hydrogen) atoms. The smallest absolute Gasteiger partial charge is 0.289 e. The maximum absolute atomic E-state index is 12.6. The van der Waals surface area contributed by atoms with Gasteiger partial charge in [-0.25, -0.2) is 0 Å². The summed E-state index contributed by atoms with van der Waals surface area (Å²) in [6.45, 7) is 4.18. The van der Waals surface area contributed by atoms with E-state index in [0.29, 0.717) is 5.76 Å². The van der Waals surface area contributed by atoms with E-state index in [4.69, 9.17) is 4.42 Å². The summed E-state index contributed by atoms with van der Waals surface area (Å²) >= 11 is 1.69. The predicted octanol–water partition coefficient (Wildman–Crippen LogP) is 2.89. The van der Waals surface area contributed by atoms with Crippen molar-refractivity contribution in [1.82, 2.24) is 14.8 Å². The third-order valence-corrected chi connectivity index (χ3v) is 4.72. The van der Waals surface area contributed by atoms with Crippen LogP contribution in [0.5, 0.6) is 0 Å². The minimum atomic E-state index is 0.00189. The Hall–Kier alpha value is -1.79. The topological polar surface area (TPSA) is 49.6 Å². The lowest BCUT2D eigenvalue weighted by Crippen LogP contribution is -2.35. The van der Waals surface area contributed by atoms with Gasteiger partial charge in [0.05, 0.1) is 11.4 Å². The minimum Gasteiger partial charge on any atom is -0.455 e. The lowest BCUT2D eigenvalue weighted by Gasteiger charge is -2.21. The van der Waals surface area contributed by atoms with Crippen LogP contribution in [0.2, 0.25) is 0 Å². The standard InChI is InChI=1S/C18H23N3O2S/c1-24-14-16-6-7-17(23-16)18(22)21-10-4-9-20(11-12-21)13-15-5-2-3-8-19-15/h2-3,5-8H,4,9-14H2,1H3. The van der Waals surface area contributed by atoms with Crippen LogP contribution < -0.4 is 0 Å². The number of pyridine rings is 1. The van der Waals surface area contributed by atoms with E-state index in [-0.39, 0.29) is 5.91 Å². The average molecular weight is 345 g/mol. The molecule has 3 heterocycles. The molecule has 0 spiro atoms. The van der Waals surface area contributed by atoms with Crippen molar-refractivity contribution >= 4 is 17.7 Å². The van der Waals surface area contributed by atoms with Crippen molar-refractivity contribution < 1.29 is 9.21 Å². The fourth-order valence-electron chi connectivity index (χ4n) is 2.92. The van der Waals surface area contributed by atoms with Crippen molar-refractivity contribution in [2.45, 2.75) is 18.7 Å². The Balaban J connectivity index is 1.57. The van der Waals surface area contributed by atoms with Crippen LogP contribution in [0.25, 0.3) is 0 Å². The number of rotatable bonds is 5. The molecule has 1 saturated heterocycles. The van der Waals surface area contributed by atoms with E-state index < -0.39 is 0 Å². The Morgan fingerprint density at radius 1 is 1.21 bits per heavy atom. The molecule has 0 radical (unpaired) electrons. The van der Waals surface area contributed by atoms with Crippen molar-refractivity contribution in [3.05, 3.63) is 53.7 Å². The molecule has 0 unspecified atom stereocenters. The Labute approximate surface area is 147 Å². The molecule has 0 aromatic carbocycles. The zero-order valence-electron chi connectivity index (χ0n) is 14.0. The van der Waals surface area contributed by atoms with Gasteiger partial charge in [0.1, 0.15) is 5.76 Å². The first-order valence-electron chi connectivity index (χ1n) is 8.25. The van der Waals surface area contributed by atoms with Crippen molar-refractivity contribution in [2.75, 3.05) is 32.4 Å². The quantitative estimate of drug-likeness (QED) is 0.834. The first-order chi connectivity index (χ1) is 11.8. The number of nitrogens with zero attached hydrogens (tertiary/aromatic N) is 3. The number of thioether (sulfide) groups is 1. The molecular weight excluding hydrogens is 322 g/mol. The van der Waals surface area contributed by atoms with Crippen molar-refractivity contribution in [2.24, 2.45) is 0 Å². The molecule has 1 aliphatic heterocycles. The highest BCUT2D eigenvalue weighted by atomic mass is 32.2. The summed E-state index contributed by atoms with van der Waals surface area (Å²) < 4.78 is 5.67. The van der Waals surface area contributed by atoms with E-state index >= 15 is 0 Å². The van der Waals surface area contributed by atoms with Crippen LogP contribution in [-0.2, 0) is 12.3 Å². The van der Waals surface area contributed by atoms with Gasteiger partial charge in [0.2, 0.25) is 0 Å². The number of hydrogen-bond donors (Lipinski definition) is 0. The van der Waals surface area contributed by atoms with Gasteiger partial charge in [0.15, 0.2) is 5.76 Å². The van der Waals surface area contributed by atoms with Gasteiger partial charge in [-0.3, -0.25) is 14.7 Å². The Kier molecular flexibility index (Phi) is 5.93. The van der Waals surface area contributed by atoms with E-state index in [2.05, 4.69) is 9.88 Å². The average Bonchev–Trinajstić information content (AvgIpc) is 2.94. The van der Waals surface area contributed by atoms with Crippen LogP contribution in [-0.4, -0.2) is 53.1 Å². The van der Waals surface area contributed by atoms with Gasteiger partial charge < -0.3 is 9.32 Å². The van der Waals surface area contributed by atoms with Crippen LogP contribution in [0.3, 0.4) is 0 Å². The van der Waals surface area contributed by atoms with Crippen LogP contribution in [0, 0.1) is 0 Å². The predicted molar refractivity (Wildman–Crippen MR) is 96.0 cm³/mol. The summed E-state index contributed by atoms with van der Waals surface area (Å²) in [6.07, 6.45) is 4.82. The van der Waals surface area contributed by atoms with Gasteiger partial charge in [0.25, 0.3) is 5.91 Å². The second-order valence-corrected chi connectivity index (χ2v) is 6.81. The van der Waals surface area contributed by atoms with Crippen LogP contribution in [0.15, 0.2) is 40.9 Å². The first kappa shape index (κ1) is 17.0. The number of carbonyl (C=O) groups is 1. The number of aromatic nitrogens is 1. The molecule has 0 saturated carbocycles. The fraction of sp³-hybridized carbons (Fsp3) is 0.444. The zero-order valence-corrected chi connectivity index (χ0v) is 14.8. The summed E-state index contributed by atoms with van der Waals surface area (Å²) in [5.74, 6) is 2.11. The summed E-state index contributed by atoms with van der Waals surface area (Å²) in [6, 6.07) is 9.68. The van der Waals surface area contributed by atoms with Crippen LogP contribution >= 0.6 is 11.8 Å². The lowest BCUT2D eigenvalue weighted by molar-refractivity contribution is 0.0727. The van der Waals surface area contributed by atoms with E-state index in [9.17, 15) is 4.79 Å². The largest absolute Gasteiger partial charge is 0.455 e. The third kappa shape index (κ3) is 4.39. The molecular formula is C18H23N3O2S. The van der Waals surface area contributed by atoms with E-state index in [1.807, 2.05) is 41.6 Å². The van der Waals surface area contributed by atoms with Crippen molar-refractivity contribution in [1.29, 1.82) is 0 Å². The molecule has 1 aliphatic rings. The Morgan fingerprint density at radius 3 is 2.92 bits per heavy atom. The number of carbonyl (C=O) groups excluding carboxylic acids is 1. The SMILES string of the molecule is CSCc1ccc(C(=O)N2CCCN(Cc3ccccn3)CC2)o1. The zero-order chi connectivity index (χ0) is 16.8. The van der Waals surface area contributed by atoms with Crippen molar-refractivity contribution in [3.8, 4) is 0 Å². The highest BCUT2D eigenvalue weighted by molar-refractivity contribution is 7.97. The van der Waals surface area contributed by atoms with Gasteiger partial charge in [-0.1, -0.05) is 6.07 Å². The summed E-state index contributed by atoms with van der Waals surface area (Å²) in [4.78, 5) is 21.3. The highest BCUT2D eigenvalue weighted by Crippen LogP contribution is 2.16. The summed E-state index contributed by atoms with van der Waals surface area (Å²) in [5.41, 5.74) is 1.07. The molecule has 6 heteroatoms.